The fraction of sp³-hybridized carbons (Fsp3) is 0.348. The van der Waals surface area contributed by atoms with Gasteiger partial charge in [-0.15, -0.1) is 0 Å². The second-order valence-electron chi connectivity index (χ2n) is 7.14. The number of esters is 1. The molecular formula is C23H26N2O5. The standard InChI is InChI=1S/C23H26N2O5/c1-3-29-20-11-9-19(10-12-20)25-14-18(13-22(25)27)23(28)30-15-21(26)24-16(2)17-7-5-4-6-8-17/h4-12,16,18H,3,13-15H2,1-2H3,(H,24,26)/t16-,18+/m1/s1. The van der Waals surface area contributed by atoms with E-state index in [9.17, 15) is 14.4 Å². The predicted octanol–water partition coefficient (Wildman–Crippen LogP) is 2.86. The lowest BCUT2D eigenvalue weighted by Gasteiger charge is -2.17. The Bertz CT molecular complexity index is 882. The van der Waals surface area contributed by atoms with Gasteiger partial charge in [-0.3, -0.25) is 14.4 Å². The van der Waals surface area contributed by atoms with Gasteiger partial charge in [0.25, 0.3) is 5.91 Å². The minimum absolute atomic E-state index is 0.0636. The summed E-state index contributed by atoms with van der Waals surface area (Å²) in [6.45, 7) is 4.18. The first-order valence-corrected chi connectivity index (χ1v) is 10.0. The van der Waals surface area contributed by atoms with Crippen LogP contribution in [0.5, 0.6) is 5.75 Å². The summed E-state index contributed by atoms with van der Waals surface area (Å²) in [4.78, 5) is 38.4. The Hall–Kier alpha value is -3.35. The van der Waals surface area contributed by atoms with Crippen LogP contribution in [-0.2, 0) is 19.1 Å². The molecule has 0 radical (unpaired) electrons. The molecule has 0 aliphatic carbocycles. The summed E-state index contributed by atoms with van der Waals surface area (Å²) in [5, 5.41) is 2.80. The lowest BCUT2D eigenvalue weighted by atomic mass is 10.1. The molecule has 1 heterocycles. The maximum absolute atomic E-state index is 12.4. The molecule has 0 unspecified atom stereocenters. The molecule has 158 valence electrons. The highest BCUT2D eigenvalue weighted by Crippen LogP contribution is 2.27. The van der Waals surface area contributed by atoms with Crippen LogP contribution in [0.2, 0.25) is 0 Å². The van der Waals surface area contributed by atoms with E-state index in [1.807, 2.05) is 44.2 Å². The Morgan fingerprint density at radius 1 is 1.13 bits per heavy atom. The predicted molar refractivity (Wildman–Crippen MR) is 112 cm³/mol. The number of hydrogen-bond acceptors (Lipinski definition) is 5. The van der Waals surface area contributed by atoms with Gasteiger partial charge >= 0.3 is 5.97 Å². The third-order valence-electron chi connectivity index (χ3n) is 4.94. The second-order valence-corrected chi connectivity index (χ2v) is 7.14. The van der Waals surface area contributed by atoms with Gasteiger partial charge in [-0.1, -0.05) is 30.3 Å². The zero-order valence-electron chi connectivity index (χ0n) is 17.2. The Balaban J connectivity index is 1.49. The summed E-state index contributed by atoms with van der Waals surface area (Å²) in [6, 6.07) is 16.5. The molecular weight excluding hydrogens is 384 g/mol. The van der Waals surface area contributed by atoms with E-state index in [-0.39, 0.29) is 37.4 Å². The number of nitrogens with one attached hydrogen (secondary N) is 1. The van der Waals surface area contributed by atoms with Crippen molar-refractivity contribution in [3.8, 4) is 5.75 Å². The van der Waals surface area contributed by atoms with Crippen LogP contribution in [0.4, 0.5) is 5.69 Å². The first kappa shape index (κ1) is 21.4. The lowest BCUT2D eigenvalue weighted by Crippen LogP contribution is -2.32. The number of carbonyl (C=O) groups excluding carboxylic acids is 3. The molecule has 1 N–H and O–H groups in total. The molecule has 2 atom stereocenters. The van der Waals surface area contributed by atoms with Crippen LogP contribution in [0, 0.1) is 5.92 Å². The van der Waals surface area contributed by atoms with Crippen LogP contribution in [0.15, 0.2) is 54.6 Å². The topological polar surface area (TPSA) is 84.9 Å². The molecule has 2 aromatic rings. The van der Waals surface area contributed by atoms with Gasteiger partial charge in [-0.25, -0.2) is 0 Å². The van der Waals surface area contributed by atoms with Gasteiger partial charge in [0.05, 0.1) is 18.6 Å². The molecule has 0 saturated carbocycles. The number of amides is 2. The Labute approximate surface area is 176 Å². The smallest absolute Gasteiger partial charge is 0.311 e. The molecule has 0 spiro atoms. The van der Waals surface area contributed by atoms with E-state index in [0.717, 1.165) is 11.3 Å². The normalized spacial score (nSPS) is 16.8. The highest BCUT2D eigenvalue weighted by Gasteiger charge is 2.36. The largest absolute Gasteiger partial charge is 0.494 e. The van der Waals surface area contributed by atoms with Crippen molar-refractivity contribution in [2.45, 2.75) is 26.3 Å². The number of rotatable bonds is 8. The lowest BCUT2D eigenvalue weighted by molar-refractivity contribution is -0.152. The molecule has 3 rings (SSSR count). The number of nitrogens with zero attached hydrogens (tertiary/aromatic N) is 1. The van der Waals surface area contributed by atoms with E-state index in [1.54, 1.807) is 29.2 Å². The fourth-order valence-electron chi connectivity index (χ4n) is 3.37. The van der Waals surface area contributed by atoms with Crippen LogP contribution in [0.3, 0.4) is 0 Å². The molecule has 1 saturated heterocycles. The zero-order valence-corrected chi connectivity index (χ0v) is 17.2. The maximum Gasteiger partial charge on any atom is 0.311 e. The SMILES string of the molecule is CCOc1ccc(N2C[C@@H](C(=O)OCC(=O)N[C@H](C)c3ccccc3)CC2=O)cc1. The molecule has 0 bridgehead atoms. The third-order valence-corrected chi connectivity index (χ3v) is 4.94. The average Bonchev–Trinajstić information content (AvgIpc) is 3.15. The van der Waals surface area contributed by atoms with E-state index in [4.69, 9.17) is 9.47 Å². The number of anilines is 1. The van der Waals surface area contributed by atoms with Gasteiger partial charge in [0, 0.05) is 18.7 Å². The van der Waals surface area contributed by atoms with Gasteiger partial charge in [0.1, 0.15) is 5.75 Å². The summed E-state index contributed by atoms with van der Waals surface area (Å²) >= 11 is 0. The van der Waals surface area contributed by atoms with E-state index in [1.165, 1.54) is 0 Å². The van der Waals surface area contributed by atoms with Crippen molar-refractivity contribution >= 4 is 23.5 Å². The number of ether oxygens (including phenoxy) is 2. The van der Waals surface area contributed by atoms with Crippen LogP contribution >= 0.6 is 0 Å². The van der Waals surface area contributed by atoms with Gasteiger partial charge < -0.3 is 19.7 Å². The van der Waals surface area contributed by atoms with E-state index in [0.29, 0.717) is 12.3 Å². The second kappa shape index (κ2) is 9.91. The molecule has 7 nitrogen and oxygen atoms in total. The van der Waals surface area contributed by atoms with Gasteiger partial charge in [-0.2, -0.15) is 0 Å². The van der Waals surface area contributed by atoms with Crippen molar-refractivity contribution in [3.63, 3.8) is 0 Å². The van der Waals surface area contributed by atoms with Crippen molar-refractivity contribution in [1.82, 2.24) is 5.32 Å². The zero-order chi connectivity index (χ0) is 21.5. The van der Waals surface area contributed by atoms with Gasteiger partial charge in [0.2, 0.25) is 5.91 Å². The molecule has 2 amide bonds. The molecule has 1 aliphatic heterocycles. The minimum atomic E-state index is -0.594. The first-order valence-electron chi connectivity index (χ1n) is 10.0. The van der Waals surface area contributed by atoms with Crippen LogP contribution < -0.4 is 15.0 Å². The first-order chi connectivity index (χ1) is 14.5. The third kappa shape index (κ3) is 5.37. The Morgan fingerprint density at radius 2 is 1.83 bits per heavy atom. The van der Waals surface area contributed by atoms with E-state index in [2.05, 4.69) is 5.32 Å². The highest BCUT2D eigenvalue weighted by atomic mass is 16.5. The maximum atomic E-state index is 12.4. The monoisotopic (exact) mass is 410 g/mol. The summed E-state index contributed by atoms with van der Waals surface area (Å²) < 4.78 is 10.6. The molecule has 30 heavy (non-hydrogen) atoms. The van der Waals surface area contributed by atoms with Crippen molar-refractivity contribution in [2.24, 2.45) is 5.92 Å². The molecule has 1 aliphatic rings. The quantitative estimate of drug-likeness (QED) is 0.677. The minimum Gasteiger partial charge on any atom is -0.494 e. The van der Waals surface area contributed by atoms with Crippen molar-refractivity contribution in [3.05, 3.63) is 60.2 Å². The van der Waals surface area contributed by atoms with Crippen molar-refractivity contribution in [2.75, 3.05) is 24.7 Å². The Kier molecular flexibility index (Phi) is 7.06. The average molecular weight is 410 g/mol. The summed E-state index contributed by atoms with van der Waals surface area (Å²) in [5.74, 6) is -0.946. The van der Waals surface area contributed by atoms with Crippen molar-refractivity contribution < 1.29 is 23.9 Å². The van der Waals surface area contributed by atoms with Crippen LogP contribution in [-0.4, -0.2) is 37.5 Å². The van der Waals surface area contributed by atoms with Crippen LogP contribution in [0.25, 0.3) is 0 Å². The molecule has 7 heteroatoms. The Morgan fingerprint density at radius 3 is 2.50 bits per heavy atom. The summed E-state index contributed by atoms with van der Waals surface area (Å²) in [6.07, 6.45) is 0.0636. The number of hydrogen-bond donors (Lipinski definition) is 1. The summed E-state index contributed by atoms with van der Waals surface area (Å²) in [7, 11) is 0. The van der Waals surface area contributed by atoms with E-state index >= 15 is 0 Å². The summed E-state index contributed by atoms with van der Waals surface area (Å²) in [5.41, 5.74) is 1.66. The van der Waals surface area contributed by atoms with Gasteiger partial charge in [-0.05, 0) is 43.7 Å². The highest BCUT2D eigenvalue weighted by molar-refractivity contribution is 5.99. The van der Waals surface area contributed by atoms with Crippen molar-refractivity contribution in [1.29, 1.82) is 0 Å². The van der Waals surface area contributed by atoms with E-state index < -0.39 is 11.9 Å². The van der Waals surface area contributed by atoms with Gasteiger partial charge in [0.15, 0.2) is 6.61 Å². The molecule has 0 aromatic heterocycles. The molecule has 2 aromatic carbocycles. The number of carbonyl (C=O) groups is 3. The fourth-order valence-corrected chi connectivity index (χ4v) is 3.37. The molecule has 1 fully saturated rings. The number of benzene rings is 2. The van der Waals surface area contributed by atoms with Crippen LogP contribution in [0.1, 0.15) is 31.9 Å².